The van der Waals surface area contributed by atoms with Crippen molar-refractivity contribution in [3.8, 4) is 0 Å². The number of pyridine rings is 1. The van der Waals surface area contributed by atoms with Crippen molar-refractivity contribution in [3.63, 3.8) is 0 Å². The topological polar surface area (TPSA) is 28.4 Å². The van der Waals surface area contributed by atoms with Crippen LogP contribution in [-0.4, -0.2) is 16.1 Å². The molecule has 4 rings (SSSR count). The first-order chi connectivity index (χ1) is 10.2. The Morgan fingerprint density at radius 1 is 1.19 bits per heavy atom. The van der Waals surface area contributed by atoms with Gasteiger partial charge in [-0.15, -0.1) is 5.06 Å². The molecule has 1 aliphatic heterocycles. The SMILES string of the molecule is Cc1ccc2nc(Cl)c(C3ON3C3CCCCC3)cc2c1. The first-order valence-electron chi connectivity index (χ1n) is 7.74. The molecular formula is C17H19ClN2O. The summed E-state index contributed by atoms with van der Waals surface area (Å²) in [5.41, 5.74) is 3.18. The van der Waals surface area contributed by atoms with Gasteiger partial charge in [-0.1, -0.05) is 42.5 Å². The lowest BCUT2D eigenvalue weighted by molar-refractivity contribution is 0.119. The normalized spacial score (nSPS) is 26.2. The molecule has 2 aliphatic rings. The van der Waals surface area contributed by atoms with Crippen LogP contribution in [0.1, 0.15) is 49.5 Å². The summed E-state index contributed by atoms with van der Waals surface area (Å²) in [6.07, 6.45) is 6.42. The van der Waals surface area contributed by atoms with E-state index >= 15 is 0 Å². The first kappa shape index (κ1) is 13.5. The van der Waals surface area contributed by atoms with Crippen LogP contribution in [0.25, 0.3) is 10.9 Å². The zero-order valence-corrected chi connectivity index (χ0v) is 12.9. The van der Waals surface area contributed by atoms with Crippen molar-refractivity contribution >= 4 is 22.5 Å². The molecule has 1 aliphatic carbocycles. The van der Waals surface area contributed by atoms with E-state index in [1.165, 1.54) is 37.7 Å². The Balaban J connectivity index is 1.63. The van der Waals surface area contributed by atoms with Gasteiger partial charge in [0.2, 0.25) is 0 Å². The van der Waals surface area contributed by atoms with Crippen molar-refractivity contribution in [1.29, 1.82) is 0 Å². The molecule has 1 aromatic heterocycles. The Labute approximate surface area is 129 Å². The second-order valence-corrected chi connectivity index (χ2v) is 6.53. The standard InChI is InChI=1S/C17H19ClN2O/c1-11-7-8-15-12(9-11)10-14(16(18)19-15)17-20(21-17)13-5-3-2-4-6-13/h7-10,13,17H,2-6H2,1H3. The third-order valence-electron chi connectivity index (χ3n) is 4.56. The average molecular weight is 303 g/mol. The number of aromatic nitrogens is 1. The maximum atomic E-state index is 6.36. The number of rotatable bonds is 2. The molecule has 0 N–H and O–H groups in total. The van der Waals surface area contributed by atoms with Crippen molar-refractivity contribution < 1.29 is 4.84 Å². The van der Waals surface area contributed by atoms with E-state index in [4.69, 9.17) is 16.4 Å². The number of nitrogens with zero attached hydrogens (tertiary/aromatic N) is 2. The summed E-state index contributed by atoms with van der Waals surface area (Å²) >= 11 is 6.36. The molecule has 1 aromatic carbocycles. The van der Waals surface area contributed by atoms with Gasteiger partial charge >= 0.3 is 0 Å². The van der Waals surface area contributed by atoms with Gasteiger partial charge in [0.1, 0.15) is 5.15 Å². The van der Waals surface area contributed by atoms with E-state index in [-0.39, 0.29) is 6.23 Å². The summed E-state index contributed by atoms with van der Waals surface area (Å²) < 4.78 is 0. The summed E-state index contributed by atoms with van der Waals surface area (Å²) in [6, 6.07) is 8.91. The maximum absolute atomic E-state index is 6.36. The first-order valence-corrected chi connectivity index (χ1v) is 8.12. The van der Waals surface area contributed by atoms with Crippen LogP contribution in [0.4, 0.5) is 0 Å². The van der Waals surface area contributed by atoms with Crippen molar-refractivity contribution in [3.05, 3.63) is 40.5 Å². The minimum absolute atomic E-state index is 0.00184. The summed E-state index contributed by atoms with van der Waals surface area (Å²) in [4.78, 5) is 10.3. The van der Waals surface area contributed by atoms with E-state index < -0.39 is 0 Å². The van der Waals surface area contributed by atoms with Crippen molar-refractivity contribution in [1.82, 2.24) is 10.0 Å². The Bertz CT molecular complexity index is 682. The van der Waals surface area contributed by atoms with Crippen LogP contribution >= 0.6 is 11.6 Å². The van der Waals surface area contributed by atoms with Gasteiger partial charge < -0.3 is 0 Å². The number of hydrogen-bond acceptors (Lipinski definition) is 3. The van der Waals surface area contributed by atoms with Crippen LogP contribution in [0.2, 0.25) is 5.15 Å². The van der Waals surface area contributed by atoms with Gasteiger partial charge in [-0.3, -0.25) is 4.84 Å². The highest BCUT2D eigenvalue weighted by atomic mass is 35.5. The van der Waals surface area contributed by atoms with E-state index in [1.54, 1.807) is 0 Å². The molecule has 21 heavy (non-hydrogen) atoms. The lowest BCUT2D eigenvalue weighted by atomic mass is 9.95. The molecule has 2 unspecified atom stereocenters. The maximum Gasteiger partial charge on any atom is 0.183 e. The summed E-state index contributed by atoms with van der Waals surface area (Å²) in [5, 5.41) is 3.81. The Kier molecular flexibility index (Phi) is 3.37. The molecule has 3 nitrogen and oxygen atoms in total. The number of benzene rings is 1. The largest absolute Gasteiger partial charge is 0.269 e. The highest BCUT2D eigenvalue weighted by molar-refractivity contribution is 6.30. The molecule has 2 heterocycles. The van der Waals surface area contributed by atoms with Crippen LogP contribution in [0, 0.1) is 6.92 Å². The predicted molar refractivity (Wildman–Crippen MR) is 84.0 cm³/mol. The van der Waals surface area contributed by atoms with Gasteiger partial charge in [-0.25, -0.2) is 4.98 Å². The zero-order chi connectivity index (χ0) is 14.4. The van der Waals surface area contributed by atoms with Crippen LogP contribution in [-0.2, 0) is 4.84 Å². The highest BCUT2D eigenvalue weighted by Gasteiger charge is 2.45. The van der Waals surface area contributed by atoms with Gasteiger partial charge in [-0.2, -0.15) is 0 Å². The summed E-state index contributed by atoms with van der Waals surface area (Å²) in [6.45, 7) is 2.09. The van der Waals surface area contributed by atoms with E-state index in [0.29, 0.717) is 11.2 Å². The molecule has 1 saturated carbocycles. The average Bonchev–Trinajstić information content (AvgIpc) is 3.28. The third kappa shape index (κ3) is 2.54. The Morgan fingerprint density at radius 2 is 2.00 bits per heavy atom. The fourth-order valence-electron chi connectivity index (χ4n) is 3.36. The van der Waals surface area contributed by atoms with Gasteiger partial charge in [0.15, 0.2) is 6.23 Å². The number of halogens is 1. The number of hydrogen-bond donors (Lipinski definition) is 0. The smallest absolute Gasteiger partial charge is 0.183 e. The van der Waals surface area contributed by atoms with Crippen molar-refractivity contribution in [2.75, 3.05) is 0 Å². The lowest BCUT2D eigenvalue weighted by Gasteiger charge is -2.20. The molecule has 4 heteroatoms. The zero-order valence-electron chi connectivity index (χ0n) is 12.2. The molecule has 0 radical (unpaired) electrons. The predicted octanol–water partition coefficient (Wildman–Crippen LogP) is 4.78. The van der Waals surface area contributed by atoms with Crippen LogP contribution in [0.5, 0.6) is 0 Å². The van der Waals surface area contributed by atoms with Crippen LogP contribution in [0.3, 0.4) is 0 Å². The fraction of sp³-hybridized carbons (Fsp3) is 0.471. The Morgan fingerprint density at radius 3 is 2.81 bits per heavy atom. The Hall–Kier alpha value is -1.16. The quantitative estimate of drug-likeness (QED) is 0.590. The lowest BCUT2D eigenvalue weighted by Crippen LogP contribution is -2.21. The summed E-state index contributed by atoms with van der Waals surface area (Å²) in [5.74, 6) is 0. The highest BCUT2D eigenvalue weighted by Crippen LogP contribution is 2.45. The minimum Gasteiger partial charge on any atom is -0.269 e. The molecular weight excluding hydrogens is 284 g/mol. The van der Waals surface area contributed by atoms with Crippen molar-refractivity contribution in [2.24, 2.45) is 0 Å². The molecule has 2 aromatic rings. The fourth-order valence-corrected chi connectivity index (χ4v) is 3.60. The van der Waals surface area contributed by atoms with Crippen LogP contribution in [0.15, 0.2) is 24.3 Å². The second kappa shape index (κ2) is 5.24. The number of fused-ring (bicyclic) bond motifs is 1. The summed E-state index contributed by atoms with van der Waals surface area (Å²) in [7, 11) is 0. The monoisotopic (exact) mass is 302 g/mol. The molecule has 2 atom stereocenters. The number of hydroxylamine groups is 2. The molecule has 110 valence electrons. The van der Waals surface area contributed by atoms with Gasteiger partial charge in [-0.05, 0) is 38.0 Å². The number of aryl methyl sites for hydroxylation is 1. The van der Waals surface area contributed by atoms with Gasteiger partial charge in [0, 0.05) is 17.0 Å². The molecule has 2 fully saturated rings. The van der Waals surface area contributed by atoms with Gasteiger partial charge in [0.05, 0.1) is 5.52 Å². The van der Waals surface area contributed by atoms with E-state index in [0.717, 1.165) is 16.5 Å². The third-order valence-corrected chi connectivity index (χ3v) is 4.86. The van der Waals surface area contributed by atoms with E-state index in [2.05, 4.69) is 35.2 Å². The van der Waals surface area contributed by atoms with E-state index in [1.807, 2.05) is 6.07 Å². The molecule has 0 bridgehead atoms. The second-order valence-electron chi connectivity index (χ2n) is 6.17. The molecule has 0 amide bonds. The molecule has 1 saturated heterocycles. The van der Waals surface area contributed by atoms with Crippen LogP contribution < -0.4 is 0 Å². The minimum atomic E-state index is -0.00184. The van der Waals surface area contributed by atoms with Crippen molar-refractivity contribution in [2.45, 2.75) is 51.3 Å². The van der Waals surface area contributed by atoms with Gasteiger partial charge in [0.25, 0.3) is 0 Å². The van der Waals surface area contributed by atoms with E-state index in [9.17, 15) is 0 Å². The molecule has 0 spiro atoms.